The zero-order chi connectivity index (χ0) is 22.5. The molecular formula is C24H24N6O3. The van der Waals surface area contributed by atoms with Gasteiger partial charge in [0.05, 0.1) is 36.9 Å². The number of carbonyl (C=O) groups is 1. The SMILES string of the molecule is CC(C)n1cc(-c2cc3ncc(-c4ccc5c(c4)C(=O)NC5)n3nc2OC2CCOC2)cn1. The standard InChI is InChI=1S/C24H24N6O3/c1-14(2)29-12-17(10-27-29)20-8-22-25-11-21(15-3-4-16-9-26-23(31)19(16)7-15)30(22)28-24(20)33-18-5-6-32-13-18/h3-4,7-8,10-12,14,18H,5-6,9,13H2,1-2H3,(H,26,31). The van der Waals surface area contributed by atoms with Crippen molar-refractivity contribution in [1.29, 1.82) is 0 Å². The molecule has 0 saturated carbocycles. The van der Waals surface area contributed by atoms with Crippen LogP contribution in [0.4, 0.5) is 0 Å². The first kappa shape index (κ1) is 19.9. The van der Waals surface area contributed by atoms with Crippen molar-refractivity contribution in [1.82, 2.24) is 29.7 Å². The maximum Gasteiger partial charge on any atom is 0.251 e. The lowest BCUT2D eigenvalue weighted by Crippen LogP contribution is -2.18. The van der Waals surface area contributed by atoms with E-state index in [0.29, 0.717) is 36.8 Å². The van der Waals surface area contributed by atoms with Crippen molar-refractivity contribution < 1.29 is 14.3 Å². The van der Waals surface area contributed by atoms with Crippen LogP contribution in [0.3, 0.4) is 0 Å². The molecule has 6 rings (SSSR count). The van der Waals surface area contributed by atoms with Crippen molar-refractivity contribution in [2.45, 2.75) is 39.0 Å². The van der Waals surface area contributed by atoms with Gasteiger partial charge in [0.2, 0.25) is 5.88 Å². The van der Waals surface area contributed by atoms with E-state index in [0.717, 1.165) is 34.4 Å². The minimum Gasteiger partial charge on any atom is -0.470 e. The molecule has 0 aliphatic carbocycles. The van der Waals surface area contributed by atoms with E-state index in [-0.39, 0.29) is 18.1 Å². The third kappa shape index (κ3) is 3.45. The molecular weight excluding hydrogens is 420 g/mol. The Hall–Kier alpha value is -3.72. The summed E-state index contributed by atoms with van der Waals surface area (Å²) in [5.74, 6) is 0.461. The van der Waals surface area contributed by atoms with Crippen molar-refractivity contribution in [2.75, 3.05) is 13.2 Å². The molecule has 33 heavy (non-hydrogen) atoms. The van der Waals surface area contributed by atoms with E-state index >= 15 is 0 Å². The monoisotopic (exact) mass is 444 g/mol. The highest BCUT2D eigenvalue weighted by Gasteiger charge is 2.24. The highest BCUT2D eigenvalue weighted by molar-refractivity contribution is 5.99. The molecule has 2 aliphatic heterocycles. The Morgan fingerprint density at radius 2 is 2.09 bits per heavy atom. The Labute approximate surface area is 190 Å². The minimum absolute atomic E-state index is 0.0514. The summed E-state index contributed by atoms with van der Waals surface area (Å²) < 4.78 is 15.5. The Morgan fingerprint density at radius 3 is 2.88 bits per heavy atom. The first-order chi connectivity index (χ1) is 16.1. The zero-order valence-electron chi connectivity index (χ0n) is 18.5. The molecule has 9 nitrogen and oxygen atoms in total. The van der Waals surface area contributed by atoms with Crippen LogP contribution in [0.1, 0.15) is 42.2 Å². The average Bonchev–Trinajstić information content (AvgIpc) is 3.61. The first-order valence-corrected chi connectivity index (χ1v) is 11.2. The molecule has 1 fully saturated rings. The van der Waals surface area contributed by atoms with Gasteiger partial charge in [-0.3, -0.25) is 9.48 Å². The second-order valence-corrected chi connectivity index (χ2v) is 8.74. The fourth-order valence-corrected chi connectivity index (χ4v) is 4.29. The van der Waals surface area contributed by atoms with Crippen LogP contribution >= 0.6 is 0 Å². The second-order valence-electron chi connectivity index (χ2n) is 8.74. The van der Waals surface area contributed by atoms with E-state index in [1.807, 2.05) is 41.3 Å². The van der Waals surface area contributed by atoms with E-state index in [1.54, 1.807) is 10.7 Å². The summed E-state index contributed by atoms with van der Waals surface area (Å²) in [6.45, 7) is 5.96. The predicted octanol–water partition coefficient (Wildman–Crippen LogP) is 3.25. The fraction of sp³-hybridized carbons (Fsp3) is 0.333. The van der Waals surface area contributed by atoms with Gasteiger partial charge in [-0.15, -0.1) is 5.10 Å². The average molecular weight is 444 g/mol. The number of ether oxygens (including phenoxy) is 2. The number of imidazole rings is 1. The molecule has 1 aromatic carbocycles. The third-order valence-corrected chi connectivity index (χ3v) is 6.16. The number of rotatable bonds is 5. The van der Waals surface area contributed by atoms with Gasteiger partial charge in [0, 0.05) is 41.9 Å². The Bertz CT molecular complexity index is 1370. The van der Waals surface area contributed by atoms with Gasteiger partial charge in [0.1, 0.15) is 6.10 Å². The summed E-state index contributed by atoms with van der Waals surface area (Å²) in [4.78, 5) is 16.8. The molecule has 0 bridgehead atoms. The van der Waals surface area contributed by atoms with Crippen molar-refractivity contribution in [3.05, 3.63) is 54.0 Å². The molecule has 1 N–H and O–H groups in total. The fourth-order valence-electron chi connectivity index (χ4n) is 4.29. The molecule has 1 amide bonds. The Balaban J connectivity index is 1.47. The molecule has 1 unspecified atom stereocenters. The Morgan fingerprint density at radius 1 is 1.18 bits per heavy atom. The smallest absolute Gasteiger partial charge is 0.251 e. The molecule has 0 radical (unpaired) electrons. The quantitative estimate of drug-likeness (QED) is 0.508. The summed E-state index contributed by atoms with van der Waals surface area (Å²) in [6.07, 6.45) is 6.37. The molecule has 9 heteroatoms. The van der Waals surface area contributed by atoms with Gasteiger partial charge in [-0.2, -0.15) is 5.10 Å². The van der Waals surface area contributed by atoms with E-state index in [2.05, 4.69) is 29.2 Å². The lowest BCUT2D eigenvalue weighted by molar-refractivity contribution is 0.0965. The van der Waals surface area contributed by atoms with Gasteiger partial charge < -0.3 is 14.8 Å². The number of fused-ring (bicyclic) bond motifs is 2. The van der Waals surface area contributed by atoms with Crippen molar-refractivity contribution >= 4 is 11.6 Å². The molecule has 2 aliphatic rings. The molecule has 3 aromatic heterocycles. The van der Waals surface area contributed by atoms with Gasteiger partial charge in [-0.25, -0.2) is 9.50 Å². The highest BCUT2D eigenvalue weighted by Crippen LogP contribution is 2.33. The van der Waals surface area contributed by atoms with Gasteiger partial charge in [-0.05, 0) is 31.5 Å². The molecule has 5 heterocycles. The Kier molecular flexibility index (Phi) is 4.65. The summed E-state index contributed by atoms with van der Waals surface area (Å²) in [5.41, 5.74) is 5.82. The second kappa shape index (κ2) is 7.70. The maximum absolute atomic E-state index is 12.2. The van der Waals surface area contributed by atoms with Crippen LogP contribution in [0.2, 0.25) is 0 Å². The number of hydrogen-bond acceptors (Lipinski definition) is 6. The van der Waals surface area contributed by atoms with Crippen LogP contribution < -0.4 is 10.1 Å². The van der Waals surface area contributed by atoms with Crippen LogP contribution in [0.25, 0.3) is 28.0 Å². The topological polar surface area (TPSA) is 95.6 Å². The number of hydrogen-bond donors (Lipinski definition) is 1. The van der Waals surface area contributed by atoms with Crippen LogP contribution in [-0.4, -0.2) is 49.6 Å². The van der Waals surface area contributed by atoms with Crippen LogP contribution in [0.5, 0.6) is 5.88 Å². The van der Waals surface area contributed by atoms with Gasteiger partial charge in [-0.1, -0.05) is 12.1 Å². The van der Waals surface area contributed by atoms with Crippen LogP contribution in [-0.2, 0) is 11.3 Å². The number of nitrogens with one attached hydrogen (secondary N) is 1. The lowest BCUT2D eigenvalue weighted by atomic mass is 10.0. The predicted molar refractivity (Wildman–Crippen MR) is 121 cm³/mol. The van der Waals surface area contributed by atoms with Gasteiger partial charge >= 0.3 is 0 Å². The number of carbonyl (C=O) groups excluding carboxylic acids is 1. The minimum atomic E-state index is -0.0525. The molecule has 0 spiro atoms. The normalized spacial score (nSPS) is 17.7. The molecule has 168 valence electrons. The van der Waals surface area contributed by atoms with E-state index in [9.17, 15) is 4.79 Å². The van der Waals surface area contributed by atoms with E-state index < -0.39 is 0 Å². The molecule has 4 aromatic rings. The number of aromatic nitrogens is 5. The maximum atomic E-state index is 12.2. The van der Waals surface area contributed by atoms with Crippen LogP contribution in [0.15, 0.2) is 42.9 Å². The van der Waals surface area contributed by atoms with Gasteiger partial charge in [0.25, 0.3) is 5.91 Å². The van der Waals surface area contributed by atoms with Crippen LogP contribution in [0, 0.1) is 0 Å². The number of benzene rings is 1. The summed E-state index contributed by atoms with van der Waals surface area (Å²) in [6, 6.07) is 8.09. The van der Waals surface area contributed by atoms with Crippen molar-refractivity contribution in [3.63, 3.8) is 0 Å². The van der Waals surface area contributed by atoms with Crippen molar-refractivity contribution in [3.8, 4) is 28.3 Å². The van der Waals surface area contributed by atoms with Gasteiger partial charge in [0.15, 0.2) is 5.65 Å². The number of amides is 1. The lowest BCUT2D eigenvalue weighted by Gasteiger charge is -2.15. The highest BCUT2D eigenvalue weighted by atomic mass is 16.5. The molecule has 1 atom stereocenters. The number of nitrogens with zero attached hydrogens (tertiary/aromatic N) is 5. The third-order valence-electron chi connectivity index (χ3n) is 6.16. The summed E-state index contributed by atoms with van der Waals surface area (Å²) in [5, 5.41) is 12.2. The summed E-state index contributed by atoms with van der Waals surface area (Å²) >= 11 is 0. The summed E-state index contributed by atoms with van der Waals surface area (Å²) in [7, 11) is 0. The first-order valence-electron chi connectivity index (χ1n) is 11.2. The zero-order valence-corrected chi connectivity index (χ0v) is 18.5. The largest absolute Gasteiger partial charge is 0.470 e. The van der Waals surface area contributed by atoms with E-state index in [4.69, 9.17) is 14.6 Å². The van der Waals surface area contributed by atoms with E-state index in [1.165, 1.54) is 0 Å². The molecule has 1 saturated heterocycles. The van der Waals surface area contributed by atoms with Crippen molar-refractivity contribution in [2.24, 2.45) is 0 Å².